The predicted octanol–water partition coefficient (Wildman–Crippen LogP) is 14.8. The molecule has 7 rings (SSSR count). The number of halogens is 24. The lowest BCUT2D eigenvalue weighted by Crippen LogP contribution is -2.75. The first-order chi connectivity index (χ1) is 33.5. The fourth-order valence-corrected chi connectivity index (χ4v) is 9.07. The average molecular weight is 1110 g/mol. The molecular formula is C47H27BF24OS. The maximum atomic E-state index is 14.2. The van der Waals surface area contributed by atoms with E-state index in [0.29, 0.717) is 0 Å². The molecule has 0 fully saturated rings. The van der Waals surface area contributed by atoms with Crippen molar-refractivity contribution in [3.05, 3.63) is 177 Å². The van der Waals surface area contributed by atoms with Gasteiger partial charge in [0.05, 0.1) is 44.5 Å². The van der Waals surface area contributed by atoms with Crippen LogP contribution in [0.5, 0.6) is 0 Å². The van der Waals surface area contributed by atoms with Gasteiger partial charge in [-0.05, 0) is 46.5 Å². The van der Waals surface area contributed by atoms with E-state index in [2.05, 4.69) is 61.0 Å². The van der Waals surface area contributed by atoms with Crippen molar-refractivity contribution < 1.29 is 110 Å². The molecule has 0 aliphatic heterocycles. The standard InChI is InChI=1S/C32H12BF24.C15H15OS/c34-25(35,36)13-1-14(26(37,38)39)6-21(5-13)33(22-7-15(27(40,41)42)2-16(8-22)28(43,44)45,23-9-17(29(46,47)48)3-18(10-23)30(49,50)51)24-11-19(31(52,53)54)4-20(12-24)32(55,56)57;1-17(2)16-15-13-9-5-3-7-11(13)12-8-4-6-10-14(12)15/h1-12H;3-10,15H,1-2H3/q-1;+1. The molecule has 0 N–H and O–H groups in total. The van der Waals surface area contributed by atoms with E-state index in [-0.39, 0.29) is 17.3 Å². The highest BCUT2D eigenvalue weighted by Crippen LogP contribution is 2.46. The van der Waals surface area contributed by atoms with Crippen molar-refractivity contribution in [2.24, 2.45) is 0 Å². The van der Waals surface area contributed by atoms with Crippen molar-refractivity contribution in [3.63, 3.8) is 0 Å². The van der Waals surface area contributed by atoms with E-state index < -0.39 is 195 Å². The molecule has 398 valence electrons. The second kappa shape index (κ2) is 19.3. The smallest absolute Gasteiger partial charge is 0.194 e. The zero-order valence-electron chi connectivity index (χ0n) is 36.6. The van der Waals surface area contributed by atoms with Crippen LogP contribution in [-0.4, -0.2) is 18.7 Å². The van der Waals surface area contributed by atoms with Gasteiger partial charge < -0.3 is 0 Å². The minimum absolute atomic E-state index is 0.0200. The van der Waals surface area contributed by atoms with Crippen LogP contribution < -0.4 is 21.9 Å². The van der Waals surface area contributed by atoms with E-state index in [9.17, 15) is 105 Å². The molecule has 0 atom stereocenters. The third-order valence-electron chi connectivity index (χ3n) is 11.5. The minimum atomic E-state index is -6.13. The van der Waals surface area contributed by atoms with Gasteiger partial charge in [-0.2, -0.15) is 131 Å². The Morgan fingerprint density at radius 2 is 0.500 bits per heavy atom. The van der Waals surface area contributed by atoms with Crippen molar-refractivity contribution in [3.8, 4) is 11.1 Å². The van der Waals surface area contributed by atoms with Crippen molar-refractivity contribution in [2.75, 3.05) is 12.5 Å². The van der Waals surface area contributed by atoms with E-state index in [1.165, 1.54) is 22.3 Å². The summed E-state index contributed by atoms with van der Waals surface area (Å²) in [5, 5.41) is 0. The molecule has 0 heterocycles. The number of fused-ring (bicyclic) bond motifs is 3. The van der Waals surface area contributed by atoms with Gasteiger partial charge in [0.25, 0.3) is 0 Å². The molecule has 0 bridgehead atoms. The first-order valence-corrected chi connectivity index (χ1v) is 22.3. The molecule has 74 heavy (non-hydrogen) atoms. The quantitative estimate of drug-likeness (QED) is 0.0918. The Kier molecular flexibility index (Phi) is 14.9. The Morgan fingerprint density at radius 3 is 0.676 bits per heavy atom. The van der Waals surface area contributed by atoms with Gasteiger partial charge in [-0.25, -0.2) is 0 Å². The SMILES string of the molecule is C[S+](C)OC1c2ccccc2-c2ccccc21.FC(F)(F)c1cc([B-](c2cc(C(F)(F)F)cc(C(F)(F)F)c2)(c2cc(C(F)(F)F)cc(C(F)(F)F)c2)c2cc(C(F)(F)F)cc(C(F)(F)F)c2)cc(C(F)(F)F)c1. The van der Waals surface area contributed by atoms with Crippen LogP contribution in [0.15, 0.2) is 121 Å². The fourth-order valence-electron chi connectivity index (χ4n) is 8.48. The van der Waals surface area contributed by atoms with Crippen LogP contribution in [0.2, 0.25) is 0 Å². The zero-order chi connectivity index (χ0) is 55.7. The molecule has 1 aliphatic carbocycles. The second-order valence-electron chi connectivity index (χ2n) is 16.6. The van der Waals surface area contributed by atoms with Crippen molar-refractivity contribution in [1.82, 2.24) is 0 Å². The van der Waals surface area contributed by atoms with E-state index in [1.54, 1.807) is 0 Å². The molecule has 0 radical (unpaired) electrons. The van der Waals surface area contributed by atoms with Crippen LogP contribution in [0.1, 0.15) is 61.7 Å². The lowest BCUT2D eigenvalue weighted by molar-refractivity contribution is -0.144. The Hall–Kier alpha value is -5.99. The molecule has 0 aromatic heterocycles. The molecular weight excluding hydrogens is 1080 g/mol. The summed E-state index contributed by atoms with van der Waals surface area (Å²) < 4.78 is 347. The number of hydrogen-bond acceptors (Lipinski definition) is 1. The average Bonchev–Trinajstić information content (AvgIpc) is 3.56. The first kappa shape index (κ1) is 57.3. The molecule has 0 spiro atoms. The predicted molar refractivity (Wildman–Crippen MR) is 224 cm³/mol. The Labute approximate surface area is 404 Å². The van der Waals surface area contributed by atoms with Gasteiger partial charge in [-0.1, -0.05) is 97.1 Å². The summed E-state index contributed by atoms with van der Waals surface area (Å²) in [6, 6.07) is 8.26. The maximum absolute atomic E-state index is 14.2. The van der Waals surface area contributed by atoms with Gasteiger partial charge in [0, 0.05) is 0 Å². The highest BCUT2D eigenvalue weighted by molar-refractivity contribution is 7.90. The van der Waals surface area contributed by atoms with Gasteiger partial charge in [-0.3, -0.25) is 0 Å². The molecule has 6 aromatic rings. The summed E-state index contributed by atoms with van der Waals surface area (Å²) in [4.78, 5) is 0. The van der Waals surface area contributed by atoms with Crippen LogP contribution >= 0.6 is 0 Å². The molecule has 0 unspecified atom stereocenters. The van der Waals surface area contributed by atoms with E-state index in [1.807, 2.05) is 0 Å². The maximum Gasteiger partial charge on any atom is 0.416 e. The normalized spacial score (nSPS) is 14.2. The summed E-state index contributed by atoms with van der Waals surface area (Å²) in [7, 11) is 0. The van der Waals surface area contributed by atoms with Gasteiger partial charge in [0.2, 0.25) is 0 Å². The topological polar surface area (TPSA) is 9.23 Å². The summed E-state index contributed by atoms with van der Waals surface area (Å²) in [5.41, 5.74) is -25.0. The van der Waals surface area contributed by atoms with Crippen LogP contribution in [0.3, 0.4) is 0 Å². The minimum Gasteiger partial charge on any atom is -0.194 e. The summed E-state index contributed by atoms with van der Waals surface area (Å²) >= 11 is -0.0200. The summed E-state index contributed by atoms with van der Waals surface area (Å²) in [6.45, 7) is 0. The van der Waals surface area contributed by atoms with Crippen LogP contribution in [0, 0.1) is 0 Å². The third-order valence-corrected chi connectivity index (χ3v) is 12.1. The Bertz CT molecular complexity index is 2540. The third kappa shape index (κ3) is 12.1. The van der Waals surface area contributed by atoms with Crippen LogP contribution in [0.4, 0.5) is 105 Å². The molecule has 0 saturated heterocycles. The van der Waals surface area contributed by atoms with E-state index in [4.69, 9.17) is 4.18 Å². The van der Waals surface area contributed by atoms with Crippen LogP contribution in [0.25, 0.3) is 11.1 Å². The molecule has 6 aromatic carbocycles. The molecule has 0 amide bonds. The summed E-state index contributed by atoms with van der Waals surface area (Å²) in [6.07, 6.45) is -50.5. The molecule has 0 saturated carbocycles. The van der Waals surface area contributed by atoms with Crippen molar-refractivity contribution in [2.45, 2.75) is 55.5 Å². The number of benzene rings is 6. The fraction of sp³-hybridized carbons (Fsp3) is 0.234. The number of alkyl halides is 24. The van der Waals surface area contributed by atoms with E-state index in [0.717, 1.165) is 0 Å². The Morgan fingerprint density at radius 1 is 0.311 bits per heavy atom. The van der Waals surface area contributed by atoms with Crippen molar-refractivity contribution in [1.29, 1.82) is 0 Å². The van der Waals surface area contributed by atoms with Gasteiger partial charge in [-0.15, -0.1) is 0 Å². The van der Waals surface area contributed by atoms with Gasteiger partial charge >= 0.3 is 49.4 Å². The molecule has 1 nitrogen and oxygen atoms in total. The lowest BCUT2D eigenvalue weighted by atomic mass is 9.12. The first-order valence-electron chi connectivity index (χ1n) is 20.3. The number of hydrogen-bond donors (Lipinski definition) is 0. The van der Waals surface area contributed by atoms with Crippen molar-refractivity contribution >= 4 is 39.2 Å². The van der Waals surface area contributed by atoms with Gasteiger partial charge in [0.1, 0.15) is 29.8 Å². The lowest BCUT2D eigenvalue weighted by Gasteiger charge is -2.46. The number of rotatable bonds is 6. The Balaban J connectivity index is 0.000000436. The molecule has 27 heteroatoms. The monoisotopic (exact) mass is 1110 g/mol. The highest BCUT2D eigenvalue weighted by Gasteiger charge is 2.47. The summed E-state index contributed by atoms with van der Waals surface area (Å²) in [5.74, 6) is 0. The molecule has 1 aliphatic rings. The largest absolute Gasteiger partial charge is 0.416 e. The van der Waals surface area contributed by atoms with Crippen LogP contribution in [-0.2, 0) is 64.8 Å². The van der Waals surface area contributed by atoms with Gasteiger partial charge in [0.15, 0.2) is 6.10 Å². The van der Waals surface area contributed by atoms with E-state index >= 15 is 0 Å². The zero-order valence-corrected chi connectivity index (χ0v) is 37.4. The highest BCUT2D eigenvalue weighted by atomic mass is 32.2. The second-order valence-corrected chi connectivity index (χ2v) is 18.3.